The molecule has 0 aromatic carbocycles. The first-order valence-electron chi connectivity index (χ1n) is 8.63. The van der Waals surface area contributed by atoms with Crippen LogP contribution in [0, 0.1) is 11.8 Å². The Bertz CT molecular complexity index is 828. The summed E-state index contributed by atoms with van der Waals surface area (Å²) in [6.07, 6.45) is 6.74. The van der Waals surface area contributed by atoms with E-state index in [9.17, 15) is 5.11 Å². The Hall–Kier alpha value is -2.07. The van der Waals surface area contributed by atoms with Gasteiger partial charge < -0.3 is 14.9 Å². The number of piperidine rings is 1. The Balaban J connectivity index is 1.80. The summed E-state index contributed by atoms with van der Waals surface area (Å²) in [5.41, 5.74) is 2.01. The van der Waals surface area contributed by atoms with E-state index in [1.54, 1.807) is 17.1 Å². The third kappa shape index (κ3) is 4.55. The SMILES string of the molecule is CN(C)CC1(O)CCN(c2cc(Cl)ncc2C#Cc2cnn(C)c2)CC1. The van der Waals surface area contributed by atoms with Gasteiger partial charge in [-0.05, 0) is 26.9 Å². The Labute approximate surface area is 159 Å². The molecule has 1 N–H and O–H groups in total. The Morgan fingerprint density at radius 3 is 2.62 bits per heavy atom. The molecule has 0 amide bonds. The molecular formula is C19H24ClN5O. The normalized spacial score (nSPS) is 16.5. The molecule has 0 atom stereocenters. The smallest absolute Gasteiger partial charge is 0.131 e. The van der Waals surface area contributed by atoms with E-state index in [0.29, 0.717) is 24.5 Å². The highest BCUT2D eigenvalue weighted by Crippen LogP contribution is 2.30. The predicted octanol–water partition coefficient (Wildman–Crippen LogP) is 1.76. The van der Waals surface area contributed by atoms with Crippen molar-refractivity contribution in [3.8, 4) is 11.8 Å². The predicted molar refractivity (Wildman–Crippen MR) is 103 cm³/mol. The van der Waals surface area contributed by atoms with Crippen LogP contribution < -0.4 is 4.90 Å². The average Bonchev–Trinajstić information content (AvgIpc) is 2.99. The largest absolute Gasteiger partial charge is 0.388 e. The van der Waals surface area contributed by atoms with Crippen molar-refractivity contribution in [3.63, 3.8) is 0 Å². The van der Waals surface area contributed by atoms with Gasteiger partial charge in [-0.15, -0.1) is 0 Å². The maximum atomic E-state index is 10.7. The molecule has 2 aromatic heterocycles. The van der Waals surface area contributed by atoms with Gasteiger partial charge in [0.05, 0.1) is 28.6 Å². The maximum absolute atomic E-state index is 10.7. The van der Waals surface area contributed by atoms with Crippen LogP contribution in [0.2, 0.25) is 5.15 Å². The number of halogens is 1. The molecule has 2 aromatic rings. The number of nitrogens with zero attached hydrogens (tertiary/aromatic N) is 5. The van der Waals surface area contributed by atoms with Crippen LogP contribution >= 0.6 is 11.6 Å². The van der Waals surface area contributed by atoms with Gasteiger partial charge in [-0.2, -0.15) is 5.10 Å². The van der Waals surface area contributed by atoms with Crippen molar-refractivity contribution in [2.45, 2.75) is 18.4 Å². The number of likely N-dealkylation sites (N-methyl/N-ethyl adjacent to an activating group) is 1. The molecule has 0 aliphatic carbocycles. The van der Waals surface area contributed by atoms with Crippen LogP contribution in [0.3, 0.4) is 0 Å². The van der Waals surface area contributed by atoms with Crippen LogP contribution in [-0.4, -0.2) is 64.1 Å². The van der Waals surface area contributed by atoms with Crippen molar-refractivity contribution in [2.75, 3.05) is 38.6 Å². The third-order valence-electron chi connectivity index (χ3n) is 4.54. The van der Waals surface area contributed by atoms with Gasteiger partial charge in [-0.1, -0.05) is 23.4 Å². The van der Waals surface area contributed by atoms with Gasteiger partial charge in [-0.3, -0.25) is 4.68 Å². The van der Waals surface area contributed by atoms with Gasteiger partial charge >= 0.3 is 0 Å². The summed E-state index contributed by atoms with van der Waals surface area (Å²) in [5.74, 6) is 6.31. The highest BCUT2D eigenvalue weighted by molar-refractivity contribution is 6.29. The first-order chi connectivity index (χ1) is 12.3. The summed E-state index contributed by atoms with van der Waals surface area (Å²) in [6.45, 7) is 2.18. The average molecular weight is 374 g/mol. The van der Waals surface area contributed by atoms with Crippen LogP contribution in [-0.2, 0) is 7.05 Å². The van der Waals surface area contributed by atoms with Gasteiger partial charge in [0.15, 0.2) is 0 Å². The lowest BCUT2D eigenvalue weighted by atomic mass is 9.90. The van der Waals surface area contributed by atoms with Gasteiger partial charge in [0.2, 0.25) is 0 Å². The van der Waals surface area contributed by atoms with Crippen LogP contribution in [0.4, 0.5) is 5.69 Å². The number of hydrogen-bond acceptors (Lipinski definition) is 5. The highest BCUT2D eigenvalue weighted by Gasteiger charge is 2.33. The second-order valence-electron chi connectivity index (χ2n) is 7.13. The fraction of sp³-hybridized carbons (Fsp3) is 0.474. The van der Waals surface area contributed by atoms with Crippen LogP contribution in [0.1, 0.15) is 24.0 Å². The fourth-order valence-corrected chi connectivity index (χ4v) is 3.47. The molecule has 138 valence electrons. The first kappa shape index (κ1) is 18.7. The Kier molecular flexibility index (Phi) is 5.52. The zero-order valence-corrected chi connectivity index (χ0v) is 16.2. The molecule has 1 fully saturated rings. The summed E-state index contributed by atoms with van der Waals surface area (Å²) in [7, 11) is 5.83. The van der Waals surface area contributed by atoms with Crippen LogP contribution in [0.5, 0.6) is 0 Å². The molecule has 0 saturated carbocycles. The third-order valence-corrected chi connectivity index (χ3v) is 4.75. The van der Waals surface area contributed by atoms with Crippen LogP contribution in [0.15, 0.2) is 24.7 Å². The quantitative estimate of drug-likeness (QED) is 0.656. The maximum Gasteiger partial charge on any atom is 0.131 e. The molecule has 0 spiro atoms. The second kappa shape index (κ2) is 7.67. The fourth-order valence-electron chi connectivity index (χ4n) is 3.31. The second-order valence-corrected chi connectivity index (χ2v) is 7.51. The van der Waals surface area contributed by atoms with Gasteiger partial charge in [0.1, 0.15) is 5.15 Å². The Morgan fingerprint density at radius 1 is 1.27 bits per heavy atom. The molecule has 6 nitrogen and oxygen atoms in total. The van der Waals surface area contributed by atoms with Gasteiger partial charge in [-0.25, -0.2) is 4.98 Å². The zero-order valence-electron chi connectivity index (χ0n) is 15.4. The summed E-state index contributed by atoms with van der Waals surface area (Å²) < 4.78 is 1.72. The molecule has 0 bridgehead atoms. The van der Waals surface area contributed by atoms with Gasteiger partial charge in [0.25, 0.3) is 0 Å². The monoisotopic (exact) mass is 373 g/mol. The number of pyridine rings is 1. The van der Waals surface area contributed by atoms with E-state index >= 15 is 0 Å². The van der Waals surface area contributed by atoms with E-state index in [1.165, 1.54) is 0 Å². The number of aromatic nitrogens is 3. The van der Waals surface area contributed by atoms with Crippen molar-refractivity contribution < 1.29 is 5.11 Å². The van der Waals surface area contributed by atoms with E-state index in [1.807, 2.05) is 38.3 Å². The summed E-state index contributed by atoms with van der Waals surface area (Å²) in [4.78, 5) is 8.44. The number of aryl methyl sites for hydroxylation is 1. The van der Waals surface area contributed by atoms with Crippen molar-refractivity contribution in [3.05, 3.63) is 40.9 Å². The molecule has 3 heterocycles. The minimum atomic E-state index is -0.641. The lowest BCUT2D eigenvalue weighted by molar-refractivity contribution is -0.00538. The molecule has 3 rings (SSSR count). The zero-order chi connectivity index (χ0) is 18.7. The topological polar surface area (TPSA) is 57.4 Å². The molecule has 7 heteroatoms. The van der Waals surface area contributed by atoms with E-state index in [2.05, 4.69) is 26.8 Å². The summed E-state index contributed by atoms with van der Waals surface area (Å²) in [5, 5.41) is 15.3. The van der Waals surface area contributed by atoms with E-state index in [4.69, 9.17) is 11.6 Å². The standard InChI is InChI=1S/C19H24ClN5O/c1-23(2)14-19(26)6-8-25(9-7-19)17-10-18(20)21-12-16(17)5-4-15-11-22-24(3)13-15/h10-13,26H,6-9,14H2,1-3H3. The minimum absolute atomic E-state index is 0.445. The molecule has 1 aliphatic heterocycles. The van der Waals surface area contributed by atoms with Crippen LogP contribution in [0.25, 0.3) is 0 Å². The molecule has 0 radical (unpaired) electrons. The number of hydrogen-bond donors (Lipinski definition) is 1. The molecule has 26 heavy (non-hydrogen) atoms. The first-order valence-corrected chi connectivity index (χ1v) is 9.01. The number of rotatable bonds is 3. The van der Waals surface area contributed by atoms with Crippen molar-refractivity contribution >= 4 is 17.3 Å². The van der Waals surface area contributed by atoms with Crippen molar-refractivity contribution in [1.29, 1.82) is 0 Å². The van der Waals surface area contributed by atoms with Crippen molar-refractivity contribution in [1.82, 2.24) is 19.7 Å². The molecule has 0 unspecified atom stereocenters. The van der Waals surface area contributed by atoms with E-state index < -0.39 is 5.60 Å². The highest BCUT2D eigenvalue weighted by atomic mass is 35.5. The molecule has 1 aliphatic rings. The lowest BCUT2D eigenvalue weighted by Crippen LogP contribution is -2.49. The minimum Gasteiger partial charge on any atom is -0.388 e. The van der Waals surface area contributed by atoms with Gasteiger partial charge in [0, 0.05) is 45.1 Å². The number of aliphatic hydroxyl groups is 1. The van der Waals surface area contributed by atoms with Crippen molar-refractivity contribution in [2.24, 2.45) is 7.05 Å². The van der Waals surface area contributed by atoms with E-state index in [0.717, 1.165) is 29.9 Å². The molecular weight excluding hydrogens is 350 g/mol. The summed E-state index contributed by atoms with van der Waals surface area (Å²) >= 11 is 6.13. The van der Waals surface area contributed by atoms with E-state index in [-0.39, 0.29) is 0 Å². The lowest BCUT2D eigenvalue weighted by Gasteiger charge is -2.40. The summed E-state index contributed by atoms with van der Waals surface area (Å²) in [6, 6.07) is 1.85. The molecule has 1 saturated heterocycles. The number of anilines is 1. The Morgan fingerprint density at radius 2 is 2.00 bits per heavy atom.